The number of anilines is 1. The van der Waals surface area contributed by atoms with Crippen LogP contribution >= 0.6 is 0 Å². The maximum Gasteiger partial charge on any atom is 0.272 e. The highest BCUT2D eigenvalue weighted by Gasteiger charge is 2.14. The lowest BCUT2D eigenvalue weighted by Gasteiger charge is -2.07. The quantitative estimate of drug-likeness (QED) is 0.400. The van der Waals surface area contributed by atoms with E-state index in [1.807, 2.05) is 30.3 Å². The average Bonchev–Trinajstić information content (AvgIpc) is 3.10. The van der Waals surface area contributed by atoms with E-state index >= 15 is 0 Å². The van der Waals surface area contributed by atoms with Crippen LogP contribution in [0.4, 0.5) is 11.6 Å². The van der Waals surface area contributed by atoms with Crippen molar-refractivity contribution in [1.82, 2.24) is 9.97 Å². The molecule has 0 bridgehead atoms. The number of amides is 1. The van der Waals surface area contributed by atoms with Gasteiger partial charge in [0.25, 0.3) is 11.6 Å². The topological polar surface area (TPSA) is 101 Å². The smallest absolute Gasteiger partial charge is 0.272 e. The van der Waals surface area contributed by atoms with Crippen LogP contribution in [0, 0.1) is 17.0 Å². The summed E-state index contributed by atoms with van der Waals surface area (Å²) in [6.45, 7) is 1.69. The molecule has 2 N–H and O–H groups in total. The van der Waals surface area contributed by atoms with Crippen LogP contribution in [0.2, 0.25) is 0 Å². The number of benzene rings is 3. The number of aromatic nitrogens is 2. The second-order valence-electron chi connectivity index (χ2n) is 6.40. The number of aryl methyl sites for hydroxylation is 1. The van der Waals surface area contributed by atoms with Crippen molar-refractivity contribution in [2.45, 2.75) is 6.92 Å². The van der Waals surface area contributed by atoms with Gasteiger partial charge in [0.1, 0.15) is 0 Å². The van der Waals surface area contributed by atoms with E-state index in [9.17, 15) is 14.9 Å². The van der Waals surface area contributed by atoms with E-state index in [0.29, 0.717) is 22.6 Å². The first kappa shape index (κ1) is 17.4. The second kappa shape index (κ2) is 6.96. The molecular weight excluding hydrogens is 356 g/mol. The summed E-state index contributed by atoms with van der Waals surface area (Å²) in [5.74, 6) is 0.0464. The first-order valence-corrected chi connectivity index (χ1v) is 8.63. The predicted octanol–water partition coefficient (Wildman–Crippen LogP) is 4.70. The molecule has 0 saturated carbocycles. The summed E-state index contributed by atoms with van der Waals surface area (Å²) in [4.78, 5) is 30.8. The van der Waals surface area contributed by atoms with Gasteiger partial charge >= 0.3 is 0 Å². The van der Waals surface area contributed by atoms with Gasteiger partial charge in [-0.15, -0.1) is 0 Å². The van der Waals surface area contributed by atoms with E-state index in [1.165, 1.54) is 6.07 Å². The summed E-state index contributed by atoms with van der Waals surface area (Å²) in [6.07, 6.45) is 0. The number of nitrogens with zero attached hydrogens (tertiary/aromatic N) is 2. The summed E-state index contributed by atoms with van der Waals surface area (Å²) in [7, 11) is 0. The van der Waals surface area contributed by atoms with Crippen LogP contribution in [0.3, 0.4) is 0 Å². The number of para-hydroxylation sites is 2. The Bertz CT molecular complexity index is 1180. The predicted molar refractivity (Wildman–Crippen MR) is 107 cm³/mol. The summed E-state index contributed by atoms with van der Waals surface area (Å²) in [5, 5.41) is 13.9. The molecule has 0 radical (unpaired) electrons. The number of hydrogen-bond acceptors (Lipinski definition) is 4. The number of H-pyrrole nitrogens is 1. The number of hydrogen-bond donors (Lipinski definition) is 2. The third-order valence-corrected chi connectivity index (χ3v) is 4.49. The summed E-state index contributed by atoms with van der Waals surface area (Å²) >= 11 is 0. The van der Waals surface area contributed by atoms with Crippen LogP contribution in [0.15, 0.2) is 66.7 Å². The Morgan fingerprint density at radius 1 is 1.04 bits per heavy atom. The molecule has 1 aromatic heterocycles. The maximum absolute atomic E-state index is 12.6. The van der Waals surface area contributed by atoms with E-state index < -0.39 is 4.92 Å². The van der Waals surface area contributed by atoms with Crippen molar-refractivity contribution in [3.05, 3.63) is 88.0 Å². The number of nitro groups is 1. The minimum Gasteiger partial charge on any atom is -0.324 e. The number of carbonyl (C=O) groups excluding carboxylic acids is 1. The van der Waals surface area contributed by atoms with Crippen molar-refractivity contribution in [2.75, 3.05) is 5.32 Å². The van der Waals surface area contributed by atoms with Gasteiger partial charge in [-0.2, -0.15) is 0 Å². The molecule has 3 aromatic carbocycles. The first-order valence-electron chi connectivity index (χ1n) is 8.63. The summed E-state index contributed by atoms with van der Waals surface area (Å²) in [6, 6.07) is 19.5. The highest BCUT2D eigenvalue weighted by atomic mass is 16.6. The SMILES string of the molecule is Cc1ccc(-c2cccc(C(=O)Nc3nc4ccccc4[nH]3)c2)cc1[N+](=O)[O-]. The molecular formula is C21H16N4O3. The zero-order valence-electron chi connectivity index (χ0n) is 15.0. The average molecular weight is 372 g/mol. The molecule has 0 aliphatic carbocycles. The van der Waals surface area contributed by atoms with Crippen molar-refractivity contribution in [3.8, 4) is 11.1 Å². The van der Waals surface area contributed by atoms with Gasteiger partial charge in [-0.3, -0.25) is 20.2 Å². The molecule has 0 unspecified atom stereocenters. The van der Waals surface area contributed by atoms with Gasteiger partial charge in [-0.05, 0) is 42.3 Å². The molecule has 7 heteroatoms. The normalized spacial score (nSPS) is 10.8. The van der Waals surface area contributed by atoms with Crippen molar-refractivity contribution in [3.63, 3.8) is 0 Å². The van der Waals surface area contributed by atoms with E-state index in [2.05, 4.69) is 15.3 Å². The highest BCUT2D eigenvalue weighted by molar-refractivity contribution is 6.04. The summed E-state index contributed by atoms with van der Waals surface area (Å²) < 4.78 is 0. The Balaban J connectivity index is 1.62. The van der Waals surface area contributed by atoms with Crippen molar-refractivity contribution >= 4 is 28.6 Å². The van der Waals surface area contributed by atoms with Crippen LogP contribution in [0.5, 0.6) is 0 Å². The lowest BCUT2D eigenvalue weighted by molar-refractivity contribution is -0.385. The third kappa shape index (κ3) is 3.33. The molecule has 4 rings (SSSR count). The Morgan fingerprint density at radius 3 is 2.61 bits per heavy atom. The van der Waals surface area contributed by atoms with Crippen molar-refractivity contribution < 1.29 is 9.72 Å². The molecule has 4 aromatic rings. The van der Waals surface area contributed by atoms with Crippen LogP contribution < -0.4 is 5.32 Å². The van der Waals surface area contributed by atoms with Crippen LogP contribution in [0.1, 0.15) is 15.9 Å². The van der Waals surface area contributed by atoms with Crippen LogP contribution in [-0.2, 0) is 0 Å². The molecule has 138 valence electrons. The molecule has 0 saturated heterocycles. The minimum absolute atomic E-state index is 0.0506. The fraction of sp³-hybridized carbons (Fsp3) is 0.0476. The molecule has 0 atom stereocenters. The van der Waals surface area contributed by atoms with Gasteiger partial charge in [-0.1, -0.05) is 36.4 Å². The monoisotopic (exact) mass is 372 g/mol. The zero-order valence-corrected chi connectivity index (χ0v) is 15.0. The largest absolute Gasteiger partial charge is 0.324 e. The number of nitrogens with one attached hydrogen (secondary N) is 2. The van der Waals surface area contributed by atoms with Gasteiger partial charge in [0.15, 0.2) is 0 Å². The molecule has 28 heavy (non-hydrogen) atoms. The lowest BCUT2D eigenvalue weighted by atomic mass is 10.0. The molecule has 0 aliphatic rings. The number of rotatable bonds is 4. The van der Waals surface area contributed by atoms with Crippen LogP contribution in [0.25, 0.3) is 22.2 Å². The van der Waals surface area contributed by atoms with Crippen LogP contribution in [-0.4, -0.2) is 20.8 Å². The molecule has 0 spiro atoms. The molecule has 0 fully saturated rings. The Morgan fingerprint density at radius 2 is 1.82 bits per heavy atom. The molecule has 1 heterocycles. The number of nitro benzene ring substituents is 1. The van der Waals surface area contributed by atoms with E-state index in [-0.39, 0.29) is 11.6 Å². The van der Waals surface area contributed by atoms with E-state index in [1.54, 1.807) is 37.3 Å². The van der Waals surface area contributed by atoms with Gasteiger partial charge in [0.2, 0.25) is 5.95 Å². The fourth-order valence-corrected chi connectivity index (χ4v) is 3.02. The highest BCUT2D eigenvalue weighted by Crippen LogP contribution is 2.27. The van der Waals surface area contributed by atoms with Crippen molar-refractivity contribution in [2.24, 2.45) is 0 Å². The number of imidazole rings is 1. The van der Waals surface area contributed by atoms with E-state index in [0.717, 1.165) is 16.6 Å². The van der Waals surface area contributed by atoms with Gasteiger partial charge in [0.05, 0.1) is 16.0 Å². The van der Waals surface area contributed by atoms with E-state index in [4.69, 9.17) is 0 Å². The third-order valence-electron chi connectivity index (χ3n) is 4.49. The number of carbonyl (C=O) groups is 1. The summed E-state index contributed by atoms with van der Waals surface area (Å²) in [5.41, 5.74) is 4.07. The maximum atomic E-state index is 12.6. The standard InChI is InChI=1S/C21H16N4O3/c1-13-9-10-15(12-19(13)25(27)28)14-5-4-6-16(11-14)20(26)24-21-22-17-7-2-3-8-18(17)23-21/h2-12H,1H3,(H2,22,23,24,26). The Hall–Kier alpha value is -4.00. The van der Waals surface area contributed by atoms with Crippen molar-refractivity contribution in [1.29, 1.82) is 0 Å². The molecule has 1 amide bonds. The van der Waals surface area contributed by atoms with Gasteiger partial charge in [-0.25, -0.2) is 4.98 Å². The van der Waals surface area contributed by atoms with Gasteiger partial charge < -0.3 is 4.98 Å². The molecule has 7 nitrogen and oxygen atoms in total. The number of aromatic amines is 1. The second-order valence-corrected chi connectivity index (χ2v) is 6.40. The Labute approximate surface area is 160 Å². The molecule has 0 aliphatic heterocycles. The first-order chi connectivity index (χ1) is 13.5. The van der Waals surface area contributed by atoms with Gasteiger partial charge in [0, 0.05) is 17.2 Å². The zero-order chi connectivity index (χ0) is 19.7. The Kier molecular flexibility index (Phi) is 4.33. The number of fused-ring (bicyclic) bond motifs is 1. The lowest BCUT2D eigenvalue weighted by Crippen LogP contribution is -2.12. The fourth-order valence-electron chi connectivity index (χ4n) is 3.02. The minimum atomic E-state index is -0.406.